The Labute approximate surface area is 238 Å². The van der Waals surface area contributed by atoms with E-state index >= 15 is 0 Å². The number of amides is 1. The van der Waals surface area contributed by atoms with Gasteiger partial charge in [-0.05, 0) is 80.7 Å². The largest absolute Gasteiger partial charge is 0.494 e. The molecule has 1 fully saturated rings. The SMILES string of the molecule is Cc1cc2c(C(=Nc3ccc(C(=O)NCCN4CCC(CO)CC4)cc3)c3ccccc3)c(O)[nH]c2cc1C(=O)O. The number of H-pyrrole nitrogens is 1. The number of hydrogen-bond donors (Lipinski definition) is 5. The molecule has 9 heteroatoms. The van der Waals surface area contributed by atoms with Crippen molar-refractivity contribution in [3.8, 4) is 5.88 Å². The summed E-state index contributed by atoms with van der Waals surface area (Å²) in [5.41, 5.74) is 4.10. The van der Waals surface area contributed by atoms with Crippen LogP contribution < -0.4 is 5.32 Å². The summed E-state index contributed by atoms with van der Waals surface area (Å²) in [4.78, 5) is 34.5. The number of aromatic carboxylic acids is 1. The van der Waals surface area contributed by atoms with Gasteiger partial charge in [-0.15, -0.1) is 0 Å². The van der Waals surface area contributed by atoms with Crippen LogP contribution in [-0.2, 0) is 0 Å². The minimum atomic E-state index is -1.04. The second-order valence-electron chi connectivity index (χ2n) is 10.5. The molecule has 1 aliphatic rings. The van der Waals surface area contributed by atoms with Crippen molar-refractivity contribution < 1.29 is 24.9 Å². The van der Waals surface area contributed by atoms with Crippen molar-refractivity contribution in [2.24, 2.45) is 10.9 Å². The van der Waals surface area contributed by atoms with Gasteiger partial charge >= 0.3 is 5.97 Å². The van der Waals surface area contributed by atoms with E-state index in [0.717, 1.165) is 38.0 Å². The number of carboxylic acids is 1. The van der Waals surface area contributed by atoms with E-state index in [2.05, 4.69) is 15.2 Å². The first-order chi connectivity index (χ1) is 19.8. The number of aromatic hydroxyl groups is 1. The number of hydrogen-bond acceptors (Lipinski definition) is 6. The summed E-state index contributed by atoms with van der Waals surface area (Å²) in [7, 11) is 0. The van der Waals surface area contributed by atoms with Crippen molar-refractivity contribution >= 4 is 34.2 Å². The predicted octanol–water partition coefficient (Wildman–Crippen LogP) is 4.48. The van der Waals surface area contributed by atoms with Crippen LogP contribution in [0.25, 0.3) is 10.9 Å². The van der Waals surface area contributed by atoms with Crippen LogP contribution in [0.4, 0.5) is 5.69 Å². The number of aliphatic imine (C=N–C) groups is 1. The maximum atomic E-state index is 12.7. The van der Waals surface area contributed by atoms with Gasteiger partial charge in [-0.25, -0.2) is 9.79 Å². The summed E-state index contributed by atoms with van der Waals surface area (Å²) in [5, 5.41) is 33.4. The van der Waals surface area contributed by atoms with Gasteiger partial charge in [-0.2, -0.15) is 0 Å². The number of rotatable bonds is 9. The summed E-state index contributed by atoms with van der Waals surface area (Å²) in [6.45, 7) is 5.15. The number of aliphatic hydroxyl groups is 1. The van der Waals surface area contributed by atoms with Crippen LogP contribution in [0.5, 0.6) is 5.88 Å². The van der Waals surface area contributed by atoms with Gasteiger partial charge < -0.3 is 30.5 Å². The second kappa shape index (κ2) is 12.4. The third-order valence-corrected chi connectivity index (χ3v) is 7.69. The van der Waals surface area contributed by atoms with E-state index in [1.807, 2.05) is 30.3 Å². The van der Waals surface area contributed by atoms with E-state index in [-0.39, 0.29) is 24.0 Å². The zero-order valence-electron chi connectivity index (χ0n) is 22.9. The van der Waals surface area contributed by atoms with E-state index in [4.69, 9.17) is 4.99 Å². The van der Waals surface area contributed by atoms with E-state index in [0.29, 0.717) is 51.5 Å². The van der Waals surface area contributed by atoms with Crippen LogP contribution in [0.15, 0.2) is 71.7 Å². The number of carbonyl (C=O) groups excluding carboxylic acids is 1. The molecule has 0 bridgehead atoms. The van der Waals surface area contributed by atoms with Gasteiger partial charge in [0, 0.05) is 41.7 Å². The first-order valence-electron chi connectivity index (χ1n) is 13.8. The lowest BCUT2D eigenvalue weighted by Crippen LogP contribution is -2.40. The monoisotopic (exact) mass is 554 g/mol. The van der Waals surface area contributed by atoms with E-state index < -0.39 is 5.97 Å². The van der Waals surface area contributed by atoms with Crippen LogP contribution in [0.1, 0.15) is 50.2 Å². The summed E-state index contributed by atoms with van der Waals surface area (Å²) in [5.74, 6) is -0.920. The zero-order chi connectivity index (χ0) is 28.9. The Morgan fingerprint density at radius 3 is 2.39 bits per heavy atom. The quantitative estimate of drug-likeness (QED) is 0.193. The molecule has 1 saturated heterocycles. The van der Waals surface area contributed by atoms with Crippen LogP contribution in [0.2, 0.25) is 0 Å². The number of fused-ring (bicyclic) bond motifs is 1. The zero-order valence-corrected chi connectivity index (χ0v) is 22.9. The molecule has 0 aliphatic carbocycles. The number of nitrogens with zero attached hydrogens (tertiary/aromatic N) is 2. The number of benzene rings is 3. The Balaban J connectivity index is 1.37. The third kappa shape index (κ3) is 6.32. The summed E-state index contributed by atoms with van der Waals surface area (Å²) < 4.78 is 0. The summed E-state index contributed by atoms with van der Waals surface area (Å²) in [6, 6.07) is 19.7. The van der Waals surface area contributed by atoms with Crippen molar-refractivity contribution in [2.75, 3.05) is 32.8 Å². The molecule has 0 radical (unpaired) electrons. The Bertz CT molecular complexity index is 1570. The third-order valence-electron chi connectivity index (χ3n) is 7.69. The lowest BCUT2D eigenvalue weighted by Gasteiger charge is -2.30. The Kier molecular flexibility index (Phi) is 8.47. The van der Waals surface area contributed by atoms with Gasteiger partial charge in [0.15, 0.2) is 5.88 Å². The topological polar surface area (TPSA) is 138 Å². The maximum absolute atomic E-state index is 12.7. The molecular formula is C32H34N4O5. The van der Waals surface area contributed by atoms with Gasteiger partial charge in [-0.3, -0.25) is 4.79 Å². The van der Waals surface area contributed by atoms with Crippen LogP contribution >= 0.6 is 0 Å². The number of aliphatic hydroxyl groups excluding tert-OH is 1. The maximum Gasteiger partial charge on any atom is 0.336 e. The fourth-order valence-electron chi connectivity index (χ4n) is 5.31. The fraction of sp³-hybridized carbons (Fsp3) is 0.281. The lowest BCUT2D eigenvalue weighted by molar-refractivity contribution is 0.0696. The molecule has 3 aromatic carbocycles. The summed E-state index contributed by atoms with van der Waals surface area (Å²) in [6.07, 6.45) is 1.97. The predicted molar refractivity (Wildman–Crippen MR) is 158 cm³/mol. The Morgan fingerprint density at radius 1 is 1.02 bits per heavy atom. The Morgan fingerprint density at radius 2 is 1.73 bits per heavy atom. The van der Waals surface area contributed by atoms with Gasteiger partial charge in [0.1, 0.15) is 0 Å². The normalized spacial score (nSPS) is 14.8. The van der Waals surface area contributed by atoms with Gasteiger partial charge in [-0.1, -0.05) is 30.3 Å². The van der Waals surface area contributed by atoms with Crippen molar-refractivity contribution in [1.82, 2.24) is 15.2 Å². The molecule has 41 heavy (non-hydrogen) atoms. The number of likely N-dealkylation sites (tertiary alicyclic amines) is 1. The molecule has 0 atom stereocenters. The van der Waals surface area contributed by atoms with Crippen molar-refractivity contribution in [2.45, 2.75) is 19.8 Å². The molecule has 9 nitrogen and oxygen atoms in total. The van der Waals surface area contributed by atoms with E-state index in [9.17, 15) is 24.9 Å². The average molecular weight is 555 g/mol. The lowest BCUT2D eigenvalue weighted by atomic mass is 9.98. The van der Waals surface area contributed by atoms with Gasteiger partial charge in [0.2, 0.25) is 0 Å². The molecule has 4 aromatic rings. The average Bonchev–Trinajstić information content (AvgIpc) is 3.30. The number of carbonyl (C=O) groups is 2. The molecule has 1 aliphatic heterocycles. The van der Waals surface area contributed by atoms with Crippen molar-refractivity contribution in [3.63, 3.8) is 0 Å². The van der Waals surface area contributed by atoms with E-state index in [1.54, 1.807) is 37.3 Å². The minimum Gasteiger partial charge on any atom is -0.494 e. The smallest absolute Gasteiger partial charge is 0.336 e. The number of piperidine rings is 1. The number of carboxylic acid groups (broad SMARTS) is 1. The standard InChI is InChI=1S/C32H34N4O5/c1-20-17-26-27(18-25(20)32(40)41)35-31(39)28(26)29(22-5-3-2-4-6-22)34-24-9-7-23(8-10-24)30(38)33-13-16-36-14-11-21(19-37)12-15-36/h2-10,17-18,21,35,37,39H,11-16,19H2,1H3,(H,33,38)(H,40,41). The van der Waals surface area contributed by atoms with E-state index in [1.165, 1.54) is 6.07 Å². The summed E-state index contributed by atoms with van der Waals surface area (Å²) >= 11 is 0. The first kappa shape index (κ1) is 28.1. The van der Waals surface area contributed by atoms with Gasteiger partial charge in [0.25, 0.3) is 5.91 Å². The molecule has 5 rings (SSSR count). The number of aromatic nitrogens is 1. The number of aryl methyl sites for hydroxylation is 1. The molecule has 5 N–H and O–H groups in total. The molecule has 0 unspecified atom stereocenters. The van der Waals surface area contributed by atoms with Crippen LogP contribution in [0.3, 0.4) is 0 Å². The molecule has 0 saturated carbocycles. The molecule has 212 valence electrons. The highest BCUT2D eigenvalue weighted by Crippen LogP contribution is 2.33. The molecule has 1 aromatic heterocycles. The second-order valence-corrected chi connectivity index (χ2v) is 10.5. The first-order valence-corrected chi connectivity index (χ1v) is 13.8. The molecule has 0 spiro atoms. The molecular weight excluding hydrogens is 520 g/mol. The fourth-order valence-corrected chi connectivity index (χ4v) is 5.31. The van der Waals surface area contributed by atoms with Gasteiger partial charge in [0.05, 0.1) is 22.5 Å². The Hall–Kier alpha value is -4.47. The minimum absolute atomic E-state index is 0.110. The highest BCUT2D eigenvalue weighted by atomic mass is 16.4. The molecule has 1 amide bonds. The highest BCUT2D eigenvalue weighted by Gasteiger charge is 2.21. The highest BCUT2D eigenvalue weighted by molar-refractivity contribution is 6.22. The number of nitrogens with one attached hydrogen (secondary N) is 2. The number of aromatic amines is 1. The molecule has 2 heterocycles. The van der Waals surface area contributed by atoms with Crippen molar-refractivity contribution in [1.29, 1.82) is 0 Å². The van der Waals surface area contributed by atoms with Crippen LogP contribution in [-0.4, -0.2) is 75.6 Å². The van der Waals surface area contributed by atoms with Crippen LogP contribution in [0, 0.1) is 12.8 Å². The van der Waals surface area contributed by atoms with Crippen molar-refractivity contribution in [3.05, 3.63) is 94.5 Å².